The fraction of sp³-hybridized carbons (Fsp3) is 0.455. The molecule has 0 aliphatic carbocycles. The molecule has 0 saturated carbocycles. The lowest BCUT2D eigenvalue weighted by Gasteiger charge is -2.33. The van der Waals surface area contributed by atoms with Crippen molar-refractivity contribution in [1.82, 2.24) is 10.2 Å². The minimum atomic E-state index is 0.153. The number of rotatable bonds is 5. The third kappa shape index (κ3) is 4.02. The summed E-state index contributed by atoms with van der Waals surface area (Å²) >= 11 is 0. The highest BCUT2D eigenvalue weighted by Gasteiger charge is 2.27. The fourth-order valence-corrected chi connectivity index (χ4v) is 3.87. The molecule has 1 saturated heterocycles. The maximum absolute atomic E-state index is 5.74. The Hall–Kier alpha value is -2.04. The lowest BCUT2D eigenvalue weighted by Crippen LogP contribution is -2.33. The minimum Gasteiger partial charge on any atom is -0.497 e. The van der Waals surface area contributed by atoms with Gasteiger partial charge in [-0.05, 0) is 56.1 Å². The Balaban J connectivity index is 2.14. The number of nitrogens with one attached hydrogen (secondary N) is 1. The molecule has 26 heavy (non-hydrogen) atoms. The number of hydrogen-bond donors (Lipinski definition) is 1. The van der Waals surface area contributed by atoms with Gasteiger partial charge in [0.15, 0.2) is 0 Å². The molecular formula is C22H30N2O2. The van der Waals surface area contributed by atoms with Crippen molar-refractivity contribution in [3.8, 4) is 11.5 Å². The molecule has 1 aliphatic heterocycles. The second kappa shape index (κ2) is 8.56. The molecule has 3 rings (SSSR count). The predicted octanol–water partition coefficient (Wildman–Crippen LogP) is 3.71. The molecular weight excluding hydrogens is 324 g/mol. The van der Waals surface area contributed by atoms with Crippen LogP contribution in [-0.4, -0.2) is 45.3 Å². The number of ether oxygens (including phenoxy) is 2. The molecule has 140 valence electrons. The number of methoxy groups -OCH3 is 2. The molecule has 0 aromatic heterocycles. The van der Waals surface area contributed by atoms with Gasteiger partial charge in [-0.25, -0.2) is 0 Å². The van der Waals surface area contributed by atoms with Crippen LogP contribution < -0.4 is 14.8 Å². The van der Waals surface area contributed by atoms with Crippen molar-refractivity contribution in [2.75, 3.05) is 40.4 Å². The molecule has 1 N–H and O–H groups in total. The van der Waals surface area contributed by atoms with Crippen LogP contribution in [0.4, 0.5) is 0 Å². The van der Waals surface area contributed by atoms with Crippen molar-refractivity contribution in [2.45, 2.75) is 26.3 Å². The van der Waals surface area contributed by atoms with Gasteiger partial charge in [-0.2, -0.15) is 0 Å². The van der Waals surface area contributed by atoms with Crippen molar-refractivity contribution in [2.24, 2.45) is 0 Å². The van der Waals surface area contributed by atoms with E-state index in [0.717, 1.165) is 44.1 Å². The lowest BCUT2D eigenvalue weighted by molar-refractivity contribution is 0.235. The van der Waals surface area contributed by atoms with Gasteiger partial charge in [0.2, 0.25) is 0 Å². The molecule has 0 radical (unpaired) electrons. The van der Waals surface area contributed by atoms with Gasteiger partial charge < -0.3 is 14.8 Å². The molecule has 2 aromatic carbocycles. The Kier molecular flexibility index (Phi) is 6.17. The summed E-state index contributed by atoms with van der Waals surface area (Å²) in [5.74, 6) is 1.77. The minimum absolute atomic E-state index is 0.153. The molecule has 1 heterocycles. The fourth-order valence-electron chi connectivity index (χ4n) is 3.87. The molecule has 1 aliphatic rings. The third-order valence-electron chi connectivity index (χ3n) is 5.19. The van der Waals surface area contributed by atoms with Crippen molar-refractivity contribution >= 4 is 0 Å². The lowest BCUT2D eigenvalue weighted by atomic mass is 9.91. The molecule has 4 nitrogen and oxygen atoms in total. The Morgan fingerprint density at radius 3 is 2.50 bits per heavy atom. The Labute approximate surface area is 157 Å². The Morgan fingerprint density at radius 1 is 0.923 bits per heavy atom. The smallest absolute Gasteiger partial charge is 0.124 e. The number of aryl methyl sites for hydroxylation is 2. The predicted molar refractivity (Wildman–Crippen MR) is 106 cm³/mol. The average Bonchev–Trinajstić information content (AvgIpc) is 2.93. The quantitative estimate of drug-likeness (QED) is 0.888. The second-order valence-electron chi connectivity index (χ2n) is 7.01. The van der Waals surface area contributed by atoms with Crippen LogP contribution in [0.3, 0.4) is 0 Å². The van der Waals surface area contributed by atoms with Crippen molar-refractivity contribution in [1.29, 1.82) is 0 Å². The largest absolute Gasteiger partial charge is 0.497 e. The Morgan fingerprint density at radius 2 is 1.77 bits per heavy atom. The van der Waals surface area contributed by atoms with E-state index in [9.17, 15) is 0 Å². The van der Waals surface area contributed by atoms with Gasteiger partial charge in [0.25, 0.3) is 0 Å². The summed E-state index contributed by atoms with van der Waals surface area (Å²) in [6.07, 6.45) is 1.15. The summed E-state index contributed by atoms with van der Waals surface area (Å²) in [6.45, 7) is 8.51. The van der Waals surface area contributed by atoms with Crippen LogP contribution in [0.1, 0.15) is 34.7 Å². The van der Waals surface area contributed by atoms with Gasteiger partial charge in [-0.3, -0.25) is 4.90 Å². The van der Waals surface area contributed by atoms with Crippen LogP contribution in [0.5, 0.6) is 11.5 Å². The third-order valence-corrected chi connectivity index (χ3v) is 5.19. The van der Waals surface area contributed by atoms with Crippen LogP contribution in [0.15, 0.2) is 36.4 Å². The SMILES string of the molecule is COc1ccc(OC)c(C(c2ccc(C)cc2C)N2CCCNCC2)c1. The van der Waals surface area contributed by atoms with E-state index in [2.05, 4.69) is 48.3 Å². The first-order chi connectivity index (χ1) is 12.6. The van der Waals surface area contributed by atoms with E-state index in [0.29, 0.717) is 0 Å². The first-order valence-corrected chi connectivity index (χ1v) is 9.38. The van der Waals surface area contributed by atoms with Crippen LogP contribution >= 0.6 is 0 Å². The summed E-state index contributed by atoms with van der Waals surface area (Å²) in [5.41, 5.74) is 5.11. The number of benzene rings is 2. The monoisotopic (exact) mass is 354 g/mol. The summed E-state index contributed by atoms with van der Waals surface area (Å²) in [4.78, 5) is 2.56. The second-order valence-corrected chi connectivity index (χ2v) is 7.01. The molecule has 4 heteroatoms. The molecule has 0 spiro atoms. The molecule has 1 unspecified atom stereocenters. The molecule has 0 bridgehead atoms. The number of nitrogens with zero attached hydrogens (tertiary/aromatic N) is 1. The highest BCUT2D eigenvalue weighted by molar-refractivity contribution is 5.48. The van der Waals surface area contributed by atoms with Crippen molar-refractivity contribution in [3.05, 3.63) is 58.7 Å². The van der Waals surface area contributed by atoms with Crippen LogP contribution in [0.25, 0.3) is 0 Å². The molecule has 1 atom stereocenters. The van der Waals surface area contributed by atoms with E-state index < -0.39 is 0 Å². The number of hydrogen-bond acceptors (Lipinski definition) is 4. The van der Waals surface area contributed by atoms with E-state index in [-0.39, 0.29) is 6.04 Å². The van der Waals surface area contributed by atoms with E-state index in [1.54, 1.807) is 14.2 Å². The van der Waals surface area contributed by atoms with Gasteiger partial charge in [-0.1, -0.05) is 23.8 Å². The molecule has 1 fully saturated rings. The maximum Gasteiger partial charge on any atom is 0.124 e. The first kappa shape index (κ1) is 18.7. The normalized spacial score (nSPS) is 16.8. The highest BCUT2D eigenvalue weighted by atomic mass is 16.5. The van der Waals surface area contributed by atoms with Crippen molar-refractivity contribution in [3.63, 3.8) is 0 Å². The summed E-state index contributed by atoms with van der Waals surface area (Å²) < 4.78 is 11.3. The van der Waals surface area contributed by atoms with Gasteiger partial charge in [0.05, 0.1) is 20.3 Å². The highest BCUT2D eigenvalue weighted by Crippen LogP contribution is 2.38. The van der Waals surface area contributed by atoms with E-state index in [1.807, 2.05) is 12.1 Å². The van der Waals surface area contributed by atoms with Crippen LogP contribution in [0.2, 0.25) is 0 Å². The van der Waals surface area contributed by atoms with Gasteiger partial charge in [0.1, 0.15) is 11.5 Å². The van der Waals surface area contributed by atoms with Gasteiger partial charge in [-0.15, -0.1) is 0 Å². The molecule has 2 aromatic rings. The van der Waals surface area contributed by atoms with Crippen molar-refractivity contribution < 1.29 is 9.47 Å². The molecule has 0 amide bonds. The summed E-state index contributed by atoms with van der Waals surface area (Å²) in [7, 11) is 3.46. The van der Waals surface area contributed by atoms with E-state index >= 15 is 0 Å². The first-order valence-electron chi connectivity index (χ1n) is 9.38. The summed E-state index contributed by atoms with van der Waals surface area (Å²) in [5, 5.41) is 3.51. The average molecular weight is 354 g/mol. The summed E-state index contributed by atoms with van der Waals surface area (Å²) in [6, 6.07) is 13.0. The van der Waals surface area contributed by atoms with E-state index in [1.165, 1.54) is 22.3 Å². The van der Waals surface area contributed by atoms with Gasteiger partial charge in [0, 0.05) is 25.2 Å². The zero-order chi connectivity index (χ0) is 18.5. The zero-order valence-corrected chi connectivity index (χ0v) is 16.3. The van der Waals surface area contributed by atoms with E-state index in [4.69, 9.17) is 9.47 Å². The topological polar surface area (TPSA) is 33.7 Å². The maximum atomic E-state index is 5.74. The van der Waals surface area contributed by atoms with Crippen LogP contribution in [0, 0.1) is 13.8 Å². The zero-order valence-electron chi connectivity index (χ0n) is 16.3. The Bertz CT molecular complexity index is 737. The van der Waals surface area contributed by atoms with Gasteiger partial charge >= 0.3 is 0 Å². The standard InChI is InChI=1S/C22H30N2O2/c1-16-6-8-19(17(2)14-16)22(24-12-5-10-23-11-13-24)20-15-18(25-3)7-9-21(20)26-4/h6-9,14-15,22-23H,5,10-13H2,1-4H3. The van der Waals surface area contributed by atoms with Crippen LogP contribution in [-0.2, 0) is 0 Å².